The standard InChI is InChI=1S/C10H15NO3S/c1-10(2,12)7-4-5-8(14-3)9(6-7)15(11)13/h4-6,12H,11H2,1-3H3. The van der Waals surface area contributed by atoms with E-state index in [-0.39, 0.29) is 0 Å². The SMILES string of the molecule is COc1ccc(C(C)(C)O)cc1S(N)=O. The predicted octanol–water partition coefficient (Wildman–Crippen LogP) is 0.904. The van der Waals surface area contributed by atoms with E-state index < -0.39 is 16.6 Å². The summed E-state index contributed by atoms with van der Waals surface area (Å²) in [5.41, 5.74) is -0.336. The van der Waals surface area contributed by atoms with E-state index in [1.165, 1.54) is 7.11 Å². The Hall–Kier alpha value is -0.910. The lowest BCUT2D eigenvalue weighted by atomic mass is 9.98. The van der Waals surface area contributed by atoms with Crippen molar-refractivity contribution in [3.63, 3.8) is 0 Å². The van der Waals surface area contributed by atoms with Crippen LogP contribution in [0.15, 0.2) is 23.1 Å². The highest BCUT2D eigenvalue weighted by Crippen LogP contribution is 2.27. The summed E-state index contributed by atoms with van der Waals surface area (Å²) in [5, 5.41) is 15.1. The van der Waals surface area contributed by atoms with E-state index in [1.54, 1.807) is 32.0 Å². The summed E-state index contributed by atoms with van der Waals surface area (Å²) < 4.78 is 16.3. The molecule has 0 saturated heterocycles. The molecule has 0 aromatic heterocycles. The van der Waals surface area contributed by atoms with Crippen LogP contribution in [0, 0.1) is 0 Å². The molecule has 0 amide bonds. The third-order valence-corrected chi connectivity index (χ3v) is 2.84. The smallest absolute Gasteiger partial charge is 0.136 e. The molecule has 0 radical (unpaired) electrons. The zero-order valence-electron chi connectivity index (χ0n) is 8.98. The molecule has 0 spiro atoms. The van der Waals surface area contributed by atoms with E-state index in [4.69, 9.17) is 9.88 Å². The third kappa shape index (κ3) is 2.77. The van der Waals surface area contributed by atoms with E-state index in [1.807, 2.05) is 0 Å². The first kappa shape index (κ1) is 12.2. The van der Waals surface area contributed by atoms with Crippen LogP contribution in [0.1, 0.15) is 19.4 Å². The Kier molecular flexibility index (Phi) is 3.49. The van der Waals surface area contributed by atoms with Crippen LogP contribution in [0.4, 0.5) is 0 Å². The Balaban J connectivity index is 3.28. The number of ether oxygens (including phenoxy) is 1. The first-order chi connectivity index (χ1) is 6.86. The van der Waals surface area contributed by atoms with Gasteiger partial charge in [0.15, 0.2) is 0 Å². The van der Waals surface area contributed by atoms with Gasteiger partial charge < -0.3 is 9.84 Å². The number of hydrogen-bond acceptors (Lipinski definition) is 3. The number of methoxy groups -OCH3 is 1. The molecule has 1 rings (SSSR count). The highest BCUT2D eigenvalue weighted by Gasteiger charge is 2.18. The van der Waals surface area contributed by atoms with Gasteiger partial charge in [-0.05, 0) is 31.5 Å². The van der Waals surface area contributed by atoms with Gasteiger partial charge in [0.25, 0.3) is 0 Å². The topological polar surface area (TPSA) is 72.6 Å². The molecule has 0 aliphatic heterocycles. The van der Waals surface area contributed by atoms with Gasteiger partial charge >= 0.3 is 0 Å². The first-order valence-corrected chi connectivity index (χ1v) is 5.64. The lowest BCUT2D eigenvalue weighted by Gasteiger charge is -2.19. The molecule has 1 aromatic rings. The van der Waals surface area contributed by atoms with E-state index >= 15 is 0 Å². The minimum absolute atomic E-state index is 0.386. The van der Waals surface area contributed by atoms with Crippen molar-refractivity contribution in [2.75, 3.05) is 7.11 Å². The molecule has 4 nitrogen and oxygen atoms in total. The molecule has 0 aliphatic rings. The second-order valence-corrected chi connectivity index (χ2v) is 4.76. The van der Waals surface area contributed by atoms with Crippen LogP contribution in [0.2, 0.25) is 0 Å². The van der Waals surface area contributed by atoms with Gasteiger partial charge in [0.05, 0.1) is 17.6 Å². The van der Waals surface area contributed by atoms with Crippen LogP contribution in [0.3, 0.4) is 0 Å². The van der Waals surface area contributed by atoms with Crippen LogP contribution < -0.4 is 9.88 Å². The molecule has 0 fully saturated rings. The summed E-state index contributed by atoms with van der Waals surface area (Å²) in [6.07, 6.45) is 0. The molecular formula is C10H15NO3S. The van der Waals surface area contributed by atoms with Crippen molar-refractivity contribution in [3.8, 4) is 5.75 Å². The van der Waals surface area contributed by atoms with Crippen molar-refractivity contribution < 1.29 is 14.1 Å². The minimum atomic E-state index is -1.62. The summed E-state index contributed by atoms with van der Waals surface area (Å²) in [6.45, 7) is 3.30. The monoisotopic (exact) mass is 229 g/mol. The van der Waals surface area contributed by atoms with Gasteiger partial charge in [-0.1, -0.05) is 6.07 Å². The fraction of sp³-hybridized carbons (Fsp3) is 0.400. The van der Waals surface area contributed by atoms with Crippen LogP contribution in [0.5, 0.6) is 5.75 Å². The second kappa shape index (κ2) is 4.30. The predicted molar refractivity (Wildman–Crippen MR) is 58.8 cm³/mol. The Morgan fingerprint density at radius 3 is 2.47 bits per heavy atom. The summed E-state index contributed by atoms with van der Waals surface area (Å²) >= 11 is 0. The molecular weight excluding hydrogens is 214 g/mol. The number of nitrogens with two attached hydrogens (primary N) is 1. The molecule has 15 heavy (non-hydrogen) atoms. The lowest BCUT2D eigenvalue weighted by Crippen LogP contribution is -2.16. The molecule has 1 aromatic carbocycles. The van der Waals surface area contributed by atoms with E-state index in [9.17, 15) is 9.32 Å². The van der Waals surface area contributed by atoms with E-state index in [2.05, 4.69) is 0 Å². The minimum Gasteiger partial charge on any atom is -0.495 e. The van der Waals surface area contributed by atoms with Crippen molar-refractivity contribution in [1.82, 2.24) is 0 Å². The molecule has 0 bridgehead atoms. The van der Waals surface area contributed by atoms with Crippen molar-refractivity contribution >= 4 is 11.0 Å². The maximum Gasteiger partial charge on any atom is 0.136 e. The van der Waals surface area contributed by atoms with Crippen molar-refractivity contribution in [2.45, 2.75) is 24.3 Å². The Morgan fingerprint density at radius 1 is 1.47 bits per heavy atom. The fourth-order valence-corrected chi connectivity index (χ4v) is 1.81. The average Bonchev–Trinajstić information content (AvgIpc) is 2.15. The van der Waals surface area contributed by atoms with Crippen molar-refractivity contribution in [3.05, 3.63) is 23.8 Å². The van der Waals surface area contributed by atoms with E-state index in [0.717, 1.165) is 0 Å². The molecule has 1 atom stereocenters. The van der Waals surface area contributed by atoms with Gasteiger partial charge in [-0.25, -0.2) is 9.35 Å². The fourth-order valence-electron chi connectivity index (χ4n) is 1.21. The molecule has 5 heteroatoms. The summed E-state index contributed by atoms with van der Waals surface area (Å²) in [7, 11) is -0.140. The molecule has 0 heterocycles. The van der Waals surface area contributed by atoms with Crippen LogP contribution in [-0.2, 0) is 16.6 Å². The number of rotatable bonds is 3. The van der Waals surface area contributed by atoms with Gasteiger partial charge in [0.2, 0.25) is 0 Å². The zero-order chi connectivity index (χ0) is 11.6. The molecule has 3 N–H and O–H groups in total. The molecule has 84 valence electrons. The number of hydrogen-bond donors (Lipinski definition) is 2. The normalized spacial score (nSPS) is 13.7. The van der Waals surface area contributed by atoms with Crippen molar-refractivity contribution in [2.24, 2.45) is 5.14 Å². The zero-order valence-corrected chi connectivity index (χ0v) is 9.80. The molecule has 0 saturated carbocycles. The van der Waals surface area contributed by atoms with Gasteiger partial charge in [-0.15, -0.1) is 0 Å². The summed E-state index contributed by atoms with van der Waals surface area (Å²) in [5.74, 6) is 0.462. The van der Waals surface area contributed by atoms with Gasteiger partial charge in [-0.2, -0.15) is 0 Å². The Morgan fingerprint density at radius 2 is 2.07 bits per heavy atom. The van der Waals surface area contributed by atoms with Gasteiger partial charge in [0, 0.05) is 0 Å². The molecule has 1 unspecified atom stereocenters. The first-order valence-electron chi connectivity index (χ1n) is 4.43. The maximum absolute atomic E-state index is 11.2. The quantitative estimate of drug-likeness (QED) is 0.809. The van der Waals surface area contributed by atoms with Gasteiger partial charge in [0.1, 0.15) is 16.7 Å². The second-order valence-electron chi connectivity index (χ2n) is 3.72. The number of aliphatic hydroxyl groups is 1. The highest BCUT2D eigenvalue weighted by atomic mass is 32.2. The lowest BCUT2D eigenvalue weighted by molar-refractivity contribution is 0.0783. The Labute approximate surface area is 91.6 Å². The van der Waals surface area contributed by atoms with Crippen LogP contribution in [-0.4, -0.2) is 16.4 Å². The summed E-state index contributed by atoms with van der Waals surface area (Å²) in [6, 6.07) is 4.96. The third-order valence-electron chi connectivity index (χ3n) is 2.09. The largest absolute Gasteiger partial charge is 0.495 e. The van der Waals surface area contributed by atoms with Gasteiger partial charge in [-0.3, -0.25) is 0 Å². The van der Waals surface area contributed by atoms with Crippen LogP contribution in [0.25, 0.3) is 0 Å². The number of benzene rings is 1. The Bertz CT molecular complexity index is 385. The molecule has 0 aliphatic carbocycles. The maximum atomic E-state index is 11.2. The van der Waals surface area contributed by atoms with Crippen molar-refractivity contribution in [1.29, 1.82) is 0 Å². The van der Waals surface area contributed by atoms with Crippen LogP contribution >= 0.6 is 0 Å². The average molecular weight is 229 g/mol. The highest BCUT2D eigenvalue weighted by molar-refractivity contribution is 7.82. The summed E-state index contributed by atoms with van der Waals surface area (Å²) in [4.78, 5) is 0.386. The van der Waals surface area contributed by atoms with E-state index in [0.29, 0.717) is 16.2 Å².